The van der Waals surface area contributed by atoms with E-state index in [1.165, 1.54) is 22.9 Å². The van der Waals surface area contributed by atoms with Gasteiger partial charge in [-0.15, -0.1) is 0 Å². The summed E-state index contributed by atoms with van der Waals surface area (Å²) in [5.41, 5.74) is 1.94. The number of anilines is 1. The molecule has 8 heteroatoms. The van der Waals surface area contributed by atoms with Crippen LogP contribution in [0.5, 0.6) is 0 Å². The van der Waals surface area contributed by atoms with Gasteiger partial charge in [0.1, 0.15) is 5.03 Å². The number of halogens is 1. The summed E-state index contributed by atoms with van der Waals surface area (Å²) in [7, 11) is 1.68. The molecular formula is C17H14ClN5OS. The Hall–Kier alpha value is -2.51. The van der Waals surface area contributed by atoms with Crippen LogP contribution in [0.1, 0.15) is 16.1 Å². The maximum Gasteiger partial charge on any atom is 0.259 e. The molecule has 3 rings (SSSR count). The van der Waals surface area contributed by atoms with E-state index in [0.29, 0.717) is 26.5 Å². The predicted octanol–water partition coefficient (Wildman–Crippen LogP) is 3.66. The molecule has 25 heavy (non-hydrogen) atoms. The smallest absolute Gasteiger partial charge is 0.259 e. The van der Waals surface area contributed by atoms with E-state index < -0.39 is 0 Å². The van der Waals surface area contributed by atoms with Crippen molar-refractivity contribution in [1.29, 1.82) is 0 Å². The van der Waals surface area contributed by atoms with E-state index >= 15 is 0 Å². The van der Waals surface area contributed by atoms with Gasteiger partial charge in [-0.3, -0.25) is 9.78 Å². The molecular weight excluding hydrogens is 358 g/mol. The van der Waals surface area contributed by atoms with Crippen LogP contribution >= 0.6 is 23.4 Å². The summed E-state index contributed by atoms with van der Waals surface area (Å²) >= 11 is 7.55. The van der Waals surface area contributed by atoms with Gasteiger partial charge in [0.15, 0.2) is 5.16 Å². The van der Waals surface area contributed by atoms with E-state index in [4.69, 9.17) is 11.6 Å². The van der Waals surface area contributed by atoms with Gasteiger partial charge in [-0.2, -0.15) is 0 Å². The van der Waals surface area contributed by atoms with E-state index in [1.54, 1.807) is 43.8 Å². The first kappa shape index (κ1) is 17.3. The molecule has 0 spiro atoms. The Morgan fingerprint density at radius 2 is 2.04 bits per heavy atom. The Labute approximate surface area is 154 Å². The van der Waals surface area contributed by atoms with Crippen LogP contribution in [0.4, 0.5) is 5.69 Å². The second-order valence-corrected chi connectivity index (χ2v) is 6.53. The predicted molar refractivity (Wildman–Crippen MR) is 97.1 cm³/mol. The highest BCUT2D eigenvalue weighted by Crippen LogP contribution is 2.30. The number of aromatic nitrogens is 4. The summed E-state index contributed by atoms with van der Waals surface area (Å²) in [4.78, 5) is 30.9. The first-order valence-corrected chi connectivity index (χ1v) is 8.55. The summed E-state index contributed by atoms with van der Waals surface area (Å²) in [6.45, 7) is 1.89. The molecule has 0 radical (unpaired) electrons. The average Bonchev–Trinajstić information content (AvgIpc) is 2.63. The zero-order valence-corrected chi connectivity index (χ0v) is 15.1. The fourth-order valence-electron chi connectivity index (χ4n) is 2.04. The molecule has 0 aromatic carbocycles. The molecule has 0 aliphatic carbocycles. The van der Waals surface area contributed by atoms with Gasteiger partial charge in [-0.25, -0.2) is 15.0 Å². The van der Waals surface area contributed by atoms with Crippen molar-refractivity contribution >= 4 is 35.0 Å². The molecule has 0 aliphatic heterocycles. The highest BCUT2D eigenvalue weighted by Gasteiger charge is 2.16. The van der Waals surface area contributed by atoms with Crippen molar-refractivity contribution < 1.29 is 4.79 Å². The van der Waals surface area contributed by atoms with E-state index in [-0.39, 0.29) is 5.91 Å². The second kappa shape index (κ2) is 7.58. The molecule has 3 aromatic heterocycles. The lowest BCUT2D eigenvalue weighted by Gasteiger charge is -2.17. The molecule has 0 N–H and O–H groups in total. The van der Waals surface area contributed by atoms with Crippen molar-refractivity contribution in [1.82, 2.24) is 19.9 Å². The SMILES string of the molecule is Cc1ccnc(Sc2ncc(C(=O)N(C)c3cccnc3)cc2Cl)n1. The van der Waals surface area contributed by atoms with Crippen LogP contribution in [0.25, 0.3) is 0 Å². The highest BCUT2D eigenvalue weighted by molar-refractivity contribution is 7.99. The normalized spacial score (nSPS) is 10.5. The standard InChI is InChI=1S/C17H14ClN5OS/c1-11-5-7-20-17(22-11)25-15-14(18)8-12(9-21-15)16(24)23(2)13-4-3-6-19-10-13/h3-10H,1-2H3. The van der Waals surface area contributed by atoms with Gasteiger partial charge in [0.2, 0.25) is 0 Å². The summed E-state index contributed by atoms with van der Waals surface area (Å²) in [6.07, 6.45) is 6.45. The summed E-state index contributed by atoms with van der Waals surface area (Å²) in [5.74, 6) is -0.217. The Balaban J connectivity index is 1.80. The van der Waals surface area contributed by atoms with E-state index in [2.05, 4.69) is 19.9 Å². The lowest BCUT2D eigenvalue weighted by Crippen LogP contribution is -2.26. The van der Waals surface area contributed by atoms with Crippen LogP contribution in [0.2, 0.25) is 5.02 Å². The van der Waals surface area contributed by atoms with E-state index in [1.807, 2.05) is 13.0 Å². The molecule has 0 saturated heterocycles. The Bertz CT molecular complexity index is 907. The number of carbonyl (C=O) groups is 1. The largest absolute Gasteiger partial charge is 0.310 e. The Morgan fingerprint density at radius 3 is 2.72 bits per heavy atom. The average molecular weight is 372 g/mol. The van der Waals surface area contributed by atoms with Gasteiger partial charge < -0.3 is 4.90 Å². The fourth-order valence-corrected chi connectivity index (χ4v) is 3.06. The third kappa shape index (κ3) is 4.12. The quantitative estimate of drug-likeness (QED) is 0.652. The summed E-state index contributed by atoms with van der Waals surface area (Å²) < 4.78 is 0. The highest BCUT2D eigenvalue weighted by atomic mass is 35.5. The van der Waals surface area contributed by atoms with E-state index in [0.717, 1.165) is 5.69 Å². The molecule has 3 heterocycles. The summed E-state index contributed by atoms with van der Waals surface area (Å²) in [5, 5.41) is 1.48. The molecule has 0 saturated carbocycles. The van der Waals surface area contributed by atoms with Gasteiger partial charge >= 0.3 is 0 Å². The molecule has 126 valence electrons. The van der Waals surface area contributed by atoms with Crippen molar-refractivity contribution in [3.63, 3.8) is 0 Å². The number of hydrogen-bond acceptors (Lipinski definition) is 6. The lowest BCUT2D eigenvalue weighted by atomic mass is 10.2. The number of pyridine rings is 2. The number of rotatable bonds is 4. The van der Waals surface area contributed by atoms with E-state index in [9.17, 15) is 4.79 Å². The van der Waals surface area contributed by atoms with Crippen LogP contribution in [0, 0.1) is 6.92 Å². The topological polar surface area (TPSA) is 71.9 Å². The maximum absolute atomic E-state index is 12.6. The Morgan fingerprint density at radius 1 is 1.20 bits per heavy atom. The van der Waals surface area contributed by atoms with Gasteiger partial charge in [-0.05, 0) is 43.0 Å². The molecule has 0 aliphatic rings. The number of aryl methyl sites for hydroxylation is 1. The van der Waals surface area contributed by atoms with Crippen LogP contribution in [-0.4, -0.2) is 32.9 Å². The fraction of sp³-hybridized carbons (Fsp3) is 0.118. The van der Waals surface area contributed by atoms with Crippen molar-refractivity contribution in [2.45, 2.75) is 17.1 Å². The molecule has 6 nitrogen and oxygen atoms in total. The molecule has 0 fully saturated rings. The number of carbonyl (C=O) groups excluding carboxylic acids is 1. The van der Waals surface area contributed by atoms with Gasteiger partial charge in [0.25, 0.3) is 5.91 Å². The molecule has 0 atom stereocenters. The minimum Gasteiger partial charge on any atom is -0.310 e. The van der Waals surface area contributed by atoms with Gasteiger partial charge in [0, 0.05) is 31.3 Å². The van der Waals surface area contributed by atoms with Crippen molar-refractivity contribution in [2.24, 2.45) is 0 Å². The molecule has 0 bridgehead atoms. The third-order valence-corrected chi connectivity index (χ3v) is 4.65. The molecule has 1 amide bonds. The zero-order valence-electron chi connectivity index (χ0n) is 13.5. The molecule has 0 unspecified atom stereocenters. The minimum atomic E-state index is -0.217. The number of hydrogen-bond donors (Lipinski definition) is 0. The van der Waals surface area contributed by atoms with Crippen molar-refractivity contribution in [3.8, 4) is 0 Å². The minimum absolute atomic E-state index is 0.217. The van der Waals surface area contributed by atoms with Crippen LogP contribution in [0.15, 0.2) is 59.2 Å². The molecule has 3 aromatic rings. The first-order chi connectivity index (χ1) is 12.0. The zero-order chi connectivity index (χ0) is 17.8. The first-order valence-electron chi connectivity index (χ1n) is 7.36. The number of nitrogens with zero attached hydrogens (tertiary/aromatic N) is 5. The van der Waals surface area contributed by atoms with Gasteiger partial charge in [-0.1, -0.05) is 11.6 Å². The van der Waals surface area contributed by atoms with Crippen molar-refractivity contribution in [2.75, 3.05) is 11.9 Å². The monoisotopic (exact) mass is 371 g/mol. The second-order valence-electron chi connectivity index (χ2n) is 5.17. The van der Waals surface area contributed by atoms with Crippen LogP contribution in [-0.2, 0) is 0 Å². The summed E-state index contributed by atoms with van der Waals surface area (Å²) in [6, 6.07) is 6.99. The third-order valence-electron chi connectivity index (χ3n) is 3.35. The Kier molecular flexibility index (Phi) is 5.25. The van der Waals surface area contributed by atoms with Crippen molar-refractivity contribution in [3.05, 3.63) is 65.3 Å². The van der Waals surface area contributed by atoms with Crippen LogP contribution < -0.4 is 4.90 Å². The number of amides is 1. The lowest BCUT2D eigenvalue weighted by molar-refractivity contribution is 0.0992. The van der Waals surface area contributed by atoms with Gasteiger partial charge in [0.05, 0.1) is 22.5 Å². The van der Waals surface area contributed by atoms with Crippen LogP contribution in [0.3, 0.4) is 0 Å². The maximum atomic E-state index is 12.6.